The molecule has 0 atom stereocenters. The summed E-state index contributed by atoms with van der Waals surface area (Å²) in [6, 6.07) is 4.27. The van der Waals surface area contributed by atoms with Gasteiger partial charge < -0.3 is 0 Å². The topological polar surface area (TPSA) is 71.4 Å². The first kappa shape index (κ1) is 10.1. The molecule has 0 heterocycles. The number of fused-ring (bicyclic) bond motifs is 1. The Kier molecular flexibility index (Phi) is 2.21. The SMILES string of the molecule is O=C1CC=Cc2c1cccc2S(=O)(=O)O. The zero-order valence-electron chi connectivity index (χ0n) is 7.67. The minimum absolute atomic E-state index is 0.141. The van der Waals surface area contributed by atoms with Gasteiger partial charge in [0.25, 0.3) is 10.1 Å². The highest BCUT2D eigenvalue weighted by atomic mass is 32.2. The van der Waals surface area contributed by atoms with Crippen LogP contribution in [-0.2, 0) is 10.1 Å². The maximum atomic E-state index is 11.4. The number of allylic oxidation sites excluding steroid dienone is 1. The first-order valence-electron chi connectivity index (χ1n) is 4.30. The molecule has 1 N–H and O–H groups in total. The molecule has 0 spiro atoms. The Balaban J connectivity index is 2.78. The summed E-state index contributed by atoms with van der Waals surface area (Å²) in [5.74, 6) is -0.141. The molecule has 1 aromatic carbocycles. The normalized spacial score (nSPS) is 15.1. The molecule has 0 radical (unpaired) electrons. The van der Waals surface area contributed by atoms with Crippen LogP contribution in [0.4, 0.5) is 0 Å². The predicted molar refractivity (Wildman–Crippen MR) is 54.2 cm³/mol. The number of ketones is 1. The molecular weight excluding hydrogens is 216 g/mol. The molecular formula is C10H8O4S. The average Bonchev–Trinajstić information content (AvgIpc) is 2.16. The number of hydrogen-bond donors (Lipinski definition) is 1. The number of hydrogen-bond acceptors (Lipinski definition) is 3. The summed E-state index contributed by atoms with van der Waals surface area (Å²) in [7, 11) is -4.27. The third-order valence-electron chi connectivity index (χ3n) is 2.23. The van der Waals surface area contributed by atoms with Crippen molar-refractivity contribution < 1.29 is 17.8 Å². The van der Waals surface area contributed by atoms with Gasteiger partial charge in [0, 0.05) is 17.5 Å². The lowest BCUT2D eigenvalue weighted by molar-refractivity contribution is 0.0994. The maximum Gasteiger partial charge on any atom is 0.295 e. The number of benzene rings is 1. The Bertz CT molecular complexity index is 555. The van der Waals surface area contributed by atoms with Crippen LogP contribution in [0, 0.1) is 0 Å². The summed E-state index contributed by atoms with van der Waals surface area (Å²) in [5, 5.41) is 0. The van der Waals surface area contributed by atoms with Crippen LogP contribution in [0.2, 0.25) is 0 Å². The van der Waals surface area contributed by atoms with Crippen LogP contribution in [-0.4, -0.2) is 18.8 Å². The lowest BCUT2D eigenvalue weighted by atomic mass is 9.96. The standard InChI is InChI=1S/C10H8O4S/c11-9-5-1-4-8-7(9)3-2-6-10(8)15(12,13)14/h1-4,6H,5H2,(H,12,13,14). The van der Waals surface area contributed by atoms with Gasteiger partial charge in [0.2, 0.25) is 0 Å². The molecule has 0 bridgehead atoms. The van der Waals surface area contributed by atoms with Gasteiger partial charge in [-0.2, -0.15) is 8.42 Å². The van der Waals surface area contributed by atoms with Gasteiger partial charge in [0.15, 0.2) is 5.78 Å². The van der Waals surface area contributed by atoms with Crippen LogP contribution in [0.1, 0.15) is 22.3 Å². The fraction of sp³-hybridized carbons (Fsp3) is 0.100. The Hall–Kier alpha value is -1.46. The van der Waals surface area contributed by atoms with Crippen LogP contribution in [0.5, 0.6) is 0 Å². The number of carbonyl (C=O) groups is 1. The number of Topliss-reactive ketones (excluding diaryl/α,β-unsaturated/α-hetero) is 1. The highest BCUT2D eigenvalue weighted by Crippen LogP contribution is 2.25. The molecule has 2 rings (SSSR count). The Morgan fingerprint density at radius 3 is 2.67 bits per heavy atom. The van der Waals surface area contributed by atoms with Gasteiger partial charge in [-0.1, -0.05) is 24.3 Å². The lowest BCUT2D eigenvalue weighted by Crippen LogP contribution is -2.09. The van der Waals surface area contributed by atoms with E-state index in [-0.39, 0.29) is 22.7 Å². The van der Waals surface area contributed by atoms with Crippen molar-refractivity contribution in [2.45, 2.75) is 11.3 Å². The van der Waals surface area contributed by atoms with Crippen LogP contribution in [0.15, 0.2) is 29.2 Å². The number of carbonyl (C=O) groups excluding carboxylic acids is 1. The van der Waals surface area contributed by atoms with E-state index in [1.165, 1.54) is 12.1 Å². The van der Waals surface area contributed by atoms with E-state index in [1.54, 1.807) is 18.2 Å². The first-order chi connectivity index (χ1) is 7.00. The Morgan fingerprint density at radius 1 is 1.27 bits per heavy atom. The molecule has 1 aliphatic rings. The van der Waals surface area contributed by atoms with Gasteiger partial charge in [-0.05, 0) is 6.07 Å². The quantitative estimate of drug-likeness (QED) is 0.734. The summed E-state index contributed by atoms with van der Waals surface area (Å²) < 4.78 is 31.0. The van der Waals surface area contributed by atoms with E-state index in [2.05, 4.69) is 0 Å². The molecule has 1 aromatic rings. The van der Waals surface area contributed by atoms with E-state index in [0.29, 0.717) is 5.56 Å². The van der Waals surface area contributed by atoms with E-state index in [1.807, 2.05) is 0 Å². The van der Waals surface area contributed by atoms with E-state index >= 15 is 0 Å². The number of rotatable bonds is 1. The van der Waals surface area contributed by atoms with Crippen molar-refractivity contribution in [3.8, 4) is 0 Å². The molecule has 15 heavy (non-hydrogen) atoms. The predicted octanol–water partition coefficient (Wildman–Crippen LogP) is 1.53. The van der Waals surface area contributed by atoms with Crippen LogP contribution < -0.4 is 0 Å². The summed E-state index contributed by atoms with van der Waals surface area (Å²) >= 11 is 0. The van der Waals surface area contributed by atoms with Crippen molar-refractivity contribution in [3.05, 3.63) is 35.4 Å². The van der Waals surface area contributed by atoms with Gasteiger partial charge >= 0.3 is 0 Å². The van der Waals surface area contributed by atoms with Gasteiger partial charge in [-0.25, -0.2) is 0 Å². The average molecular weight is 224 g/mol. The second kappa shape index (κ2) is 3.29. The highest BCUT2D eigenvalue weighted by molar-refractivity contribution is 7.86. The molecule has 0 amide bonds. The largest absolute Gasteiger partial charge is 0.295 e. The molecule has 0 saturated heterocycles. The second-order valence-electron chi connectivity index (χ2n) is 3.22. The zero-order chi connectivity index (χ0) is 11.1. The van der Waals surface area contributed by atoms with Crippen molar-refractivity contribution in [1.82, 2.24) is 0 Å². The van der Waals surface area contributed by atoms with Crippen molar-refractivity contribution in [3.63, 3.8) is 0 Å². The van der Waals surface area contributed by atoms with Gasteiger partial charge in [-0.3, -0.25) is 9.35 Å². The first-order valence-corrected chi connectivity index (χ1v) is 5.74. The summed E-state index contributed by atoms with van der Waals surface area (Å²) in [5.41, 5.74) is 0.615. The zero-order valence-corrected chi connectivity index (χ0v) is 8.49. The minimum Gasteiger partial charge on any atom is -0.294 e. The fourth-order valence-corrected chi connectivity index (χ4v) is 2.28. The molecule has 0 aliphatic heterocycles. The van der Waals surface area contributed by atoms with E-state index in [4.69, 9.17) is 4.55 Å². The van der Waals surface area contributed by atoms with Crippen LogP contribution >= 0.6 is 0 Å². The molecule has 78 valence electrons. The lowest BCUT2D eigenvalue weighted by Gasteiger charge is -2.11. The van der Waals surface area contributed by atoms with E-state index in [0.717, 1.165) is 0 Å². The molecule has 0 aromatic heterocycles. The molecule has 4 nitrogen and oxygen atoms in total. The van der Waals surface area contributed by atoms with Gasteiger partial charge in [0.1, 0.15) is 4.90 Å². The smallest absolute Gasteiger partial charge is 0.294 e. The summed E-state index contributed by atoms with van der Waals surface area (Å²) in [6.07, 6.45) is 3.39. The molecule has 0 fully saturated rings. The van der Waals surface area contributed by atoms with Crippen molar-refractivity contribution in [2.24, 2.45) is 0 Å². The van der Waals surface area contributed by atoms with Crippen LogP contribution in [0.25, 0.3) is 6.08 Å². The third kappa shape index (κ3) is 1.71. The molecule has 5 heteroatoms. The fourth-order valence-electron chi connectivity index (χ4n) is 1.58. The summed E-state index contributed by atoms with van der Waals surface area (Å²) in [4.78, 5) is 11.2. The summed E-state index contributed by atoms with van der Waals surface area (Å²) in [6.45, 7) is 0. The van der Waals surface area contributed by atoms with Gasteiger partial charge in [-0.15, -0.1) is 0 Å². The monoisotopic (exact) mass is 224 g/mol. The third-order valence-corrected chi connectivity index (χ3v) is 3.14. The Labute approximate surface area is 87.0 Å². The maximum absolute atomic E-state index is 11.4. The van der Waals surface area contributed by atoms with Crippen molar-refractivity contribution >= 4 is 22.0 Å². The van der Waals surface area contributed by atoms with Gasteiger partial charge in [0.05, 0.1) is 0 Å². The van der Waals surface area contributed by atoms with E-state index in [9.17, 15) is 13.2 Å². The molecule has 1 aliphatic carbocycles. The second-order valence-corrected chi connectivity index (χ2v) is 4.61. The highest BCUT2D eigenvalue weighted by Gasteiger charge is 2.21. The van der Waals surface area contributed by atoms with Crippen molar-refractivity contribution in [2.75, 3.05) is 0 Å². The van der Waals surface area contributed by atoms with E-state index < -0.39 is 10.1 Å². The molecule has 0 saturated carbocycles. The Morgan fingerprint density at radius 2 is 2.00 bits per heavy atom. The van der Waals surface area contributed by atoms with Crippen LogP contribution in [0.3, 0.4) is 0 Å². The molecule has 0 unspecified atom stereocenters. The minimum atomic E-state index is -4.27. The van der Waals surface area contributed by atoms with Crippen molar-refractivity contribution in [1.29, 1.82) is 0 Å².